The van der Waals surface area contributed by atoms with Crippen LogP contribution in [-0.4, -0.2) is 10.5 Å². The van der Waals surface area contributed by atoms with Crippen molar-refractivity contribution in [2.45, 2.75) is 26.3 Å². The van der Waals surface area contributed by atoms with Crippen LogP contribution in [0.3, 0.4) is 0 Å². The summed E-state index contributed by atoms with van der Waals surface area (Å²) in [6, 6.07) is 54.2. The molecule has 0 saturated carbocycles. The third-order valence-electron chi connectivity index (χ3n) is 9.60. The van der Waals surface area contributed by atoms with Crippen LogP contribution in [0, 0.1) is 5.92 Å². The fraction of sp³-hybridized carbons (Fsp3) is 0.119. The lowest BCUT2D eigenvalue weighted by atomic mass is 9.87. The van der Waals surface area contributed by atoms with Gasteiger partial charge in [-0.05, 0) is 60.9 Å². The van der Waals surface area contributed by atoms with Crippen molar-refractivity contribution in [3.05, 3.63) is 163 Å². The van der Waals surface area contributed by atoms with Crippen molar-refractivity contribution in [2.75, 3.05) is 9.80 Å². The molecule has 0 amide bonds. The van der Waals surface area contributed by atoms with Gasteiger partial charge in [0, 0.05) is 33.8 Å². The predicted molar refractivity (Wildman–Crippen MR) is 188 cm³/mol. The molecule has 5 aromatic carbocycles. The Hall–Kier alpha value is -5.41. The predicted octanol–water partition coefficient (Wildman–Crippen LogP) is 10.8. The average molecular weight is 582 g/mol. The lowest BCUT2D eigenvalue weighted by Crippen LogP contribution is -2.44. The van der Waals surface area contributed by atoms with Gasteiger partial charge in [-0.2, -0.15) is 0 Å². The summed E-state index contributed by atoms with van der Waals surface area (Å²) in [6.45, 7) is 7.10. The van der Waals surface area contributed by atoms with Crippen LogP contribution in [0.5, 0.6) is 0 Å². The number of aromatic nitrogens is 1. The molecular weight excluding hydrogens is 546 g/mol. The Kier molecular flexibility index (Phi) is 6.42. The highest BCUT2D eigenvalue weighted by molar-refractivity contribution is 6.01. The van der Waals surface area contributed by atoms with Crippen molar-refractivity contribution < 1.29 is 0 Å². The standard InChI is InChI=1S/C42H35N3/c1-29-40-41(36-25-14-13-23-34(36)35-24-15-16-26-38(35)44(40)33-21-11-6-12-22-33)45(42(29,2)3)39-28-32(30-17-7-4-8-18-30)27-37(43-39)31-19-9-5-10-20-31/h4-29H,1-3H3. The minimum atomic E-state index is -0.284. The molecule has 0 N–H and O–H groups in total. The van der Waals surface area contributed by atoms with Gasteiger partial charge in [0.05, 0.1) is 22.8 Å². The molecule has 0 radical (unpaired) electrons. The molecule has 1 atom stereocenters. The zero-order chi connectivity index (χ0) is 30.5. The summed E-state index contributed by atoms with van der Waals surface area (Å²) < 4.78 is 0. The molecule has 0 fully saturated rings. The Balaban J connectivity index is 1.45. The first-order valence-corrected chi connectivity index (χ1v) is 15.7. The second kappa shape index (κ2) is 10.6. The highest BCUT2D eigenvalue weighted by Gasteiger charge is 2.50. The Bertz CT molecular complexity index is 1990. The van der Waals surface area contributed by atoms with Crippen LogP contribution in [0.1, 0.15) is 26.3 Å². The van der Waals surface area contributed by atoms with E-state index in [-0.39, 0.29) is 11.5 Å². The van der Waals surface area contributed by atoms with Crippen molar-refractivity contribution in [1.82, 2.24) is 4.98 Å². The van der Waals surface area contributed by atoms with E-state index in [2.05, 4.69) is 182 Å². The summed E-state index contributed by atoms with van der Waals surface area (Å²) in [4.78, 5) is 10.5. The van der Waals surface area contributed by atoms with E-state index in [1.807, 2.05) is 0 Å². The largest absolute Gasteiger partial charge is 0.318 e. The molecule has 45 heavy (non-hydrogen) atoms. The minimum absolute atomic E-state index is 0.175. The Labute approximate surface area is 265 Å². The molecule has 0 saturated heterocycles. The molecule has 3 heteroatoms. The van der Waals surface area contributed by atoms with E-state index in [4.69, 9.17) is 4.98 Å². The average Bonchev–Trinajstić information content (AvgIpc) is 3.22. The van der Waals surface area contributed by atoms with Crippen molar-refractivity contribution in [3.63, 3.8) is 0 Å². The second-order valence-electron chi connectivity index (χ2n) is 12.5. The first-order chi connectivity index (χ1) is 22.0. The van der Waals surface area contributed by atoms with Crippen LogP contribution < -0.4 is 9.80 Å². The van der Waals surface area contributed by atoms with Gasteiger partial charge >= 0.3 is 0 Å². The van der Waals surface area contributed by atoms with Gasteiger partial charge in [0.2, 0.25) is 0 Å². The van der Waals surface area contributed by atoms with Crippen molar-refractivity contribution in [2.24, 2.45) is 5.92 Å². The SMILES string of the molecule is CC1C2=C(c3ccccc3-c3ccccc3N2c2ccccc2)N(c2cc(-c3ccccc3)cc(-c3ccccc3)n2)C1(C)C. The van der Waals surface area contributed by atoms with Crippen LogP contribution in [-0.2, 0) is 0 Å². The zero-order valence-corrected chi connectivity index (χ0v) is 25.9. The fourth-order valence-corrected chi connectivity index (χ4v) is 7.09. The Morgan fingerprint density at radius 1 is 0.556 bits per heavy atom. The number of benzene rings is 5. The van der Waals surface area contributed by atoms with Crippen LogP contribution >= 0.6 is 0 Å². The lowest BCUT2D eigenvalue weighted by Gasteiger charge is -2.39. The Morgan fingerprint density at radius 3 is 1.80 bits per heavy atom. The lowest BCUT2D eigenvalue weighted by molar-refractivity contribution is 0.409. The van der Waals surface area contributed by atoms with Gasteiger partial charge in [-0.25, -0.2) is 4.98 Å². The molecule has 218 valence electrons. The molecule has 0 bridgehead atoms. The summed E-state index contributed by atoms with van der Waals surface area (Å²) in [6.07, 6.45) is 0. The molecule has 2 aliphatic heterocycles. The molecular formula is C42H35N3. The summed E-state index contributed by atoms with van der Waals surface area (Å²) in [7, 11) is 0. The molecule has 6 aromatic rings. The molecule has 0 aliphatic carbocycles. The number of rotatable bonds is 4. The van der Waals surface area contributed by atoms with Gasteiger partial charge in [-0.15, -0.1) is 0 Å². The van der Waals surface area contributed by atoms with Gasteiger partial charge in [-0.1, -0.05) is 128 Å². The van der Waals surface area contributed by atoms with Gasteiger partial charge < -0.3 is 9.80 Å². The van der Waals surface area contributed by atoms with E-state index in [9.17, 15) is 0 Å². The number of hydrogen-bond donors (Lipinski definition) is 0. The van der Waals surface area contributed by atoms with Crippen LogP contribution in [0.4, 0.5) is 17.2 Å². The van der Waals surface area contributed by atoms with Gasteiger partial charge in [0.1, 0.15) is 5.82 Å². The molecule has 3 heterocycles. The Morgan fingerprint density at radius 2 is 1.11 bits per heavy atom. The molecule has 3 nitrogen and oxygen atoms in total. The van der Waals surface area contributed by atoms with Gasteiger partial charge in [0.15, 0.2) is 0 Å². The van der Waals surface area contributed by atoms with Gasteiger partial charge in [-0.3, -0.25) is 0 Å². The van der Waals surface area contributed by atoms with Crippen molar-refractivity contribution >= 4 is 22.9 Å². The highest BCUT2D eigenvalue weighted by atomic mass is 15.3. The summed E-state index contributed by atoms with van der Waals surface area (Å²) in [5.74, 6) is 1.13. The number of nitrogens with zero attached hydrogens (tertiary/aromatic N) is 3. The number of fused-ring (bicyclic) bond motifs is 4. The number of anilines is 3. The first-order valence-electron chi connectivity index (χ1n) is 15.7. The summed E-state index contributed by atoms with van der Waals surface area (Å²) in [5.41, 5.74) is 12.7. The molecule has 1 unspecified atom stereocenters. The van der Waals surface area contributed by atoms with Crippen LogP contribution in [0.15, 0.2) is 157 Å². The van der Waals surface area contributed by atoms with Gasteiger partial charge in [0.25, 0.3) is 0 Å². The van der Waals surface area contributed by atoms with E-state index in [0.29, 0.717) is 0 Å². The summed E-state index contributed by atoms with van der Waals surface area (Å²) in [5, 5.41) is 0. The third-order valence-corrected chi connectivity index (χ3v) is 9.60. The third kappa shape index (κ3) is 4.38. The highest BCUT2D eigenvalue weighted by Crippen LogP contribution is 2.56. The zero-order valence-electron chi connectivity index (χ0n) is 25.9. The quantitative estimate of drug-likeness (QED) is 0.206. The fourth-order valence-electron chi connectivity index (χ4n) is 7.09. The summed E-state index contributed by atoms with van der Waals surface area (Å²) >= 11 is 0. The topological polar surface area (TPSA) is 19.4 Å². The second-order valence-corrected chi connectivity index (χ2v) is 12.5. The normalized spacial score (nSPS) is 16.6. The van der Waals surface area contributed by atoms with E-state index in [1.165, 1.54) is 39.3 Å². The molecule has 0 spiro atoms. The van der Waals surface area contributed by atoms with Crippen molar-refractivity contribution in [3.8, 4) is 33.5 Å². The maximum absolute atomic E-state index is 5.46. The van der Waals surface area contributed by atoms with Crippen LogP contribution in [0.2, 0.25) is 0 Å². The maximum atomic E-state index is 5.46. The van der Waals surface area contributed by atoms with E-state index in [0.717, 1.165) is 28.3 Å². The smallest absolute Gasteiger partial charge is 0.134 e. The number of hydrogen-bond acceptors (Lipinski definition) is 3. The van der Waals surface area contributed by atoms with Crippen molar-refractivity contribution in [1.29, 1.82) is 0 Å². The number of para-hydroxylation sites is 2. The molecule has 1 aromatic heterocycles. The van der Waals surface area contributed by atoms with Crippen LogP contribution in [0.25, 0.3) is 39.2 Å². The molecule has 8 rings (SSSR count). The monoisotopic (exact) mass is 581 g/mol. The minimum Gasteiger partial charge on any atom is -0.318 e. The number of pyridine rings is 1. The molecule has 2 aliphatic rings. The van der Waals surface area contributed by atoms with E-state index < -0.39 is 0 Å². The maximum Gasteiger partial charge on any atom is 0.134 e. The first kappa shape index (κ1) is 27.2. The van der Waals surface area contributed by atoms with E-state index >= 15 is 0 Å². The van der Waals surface area contributed by atoms with E-state index in [1.54, 1.807) is 0 Å².